The molecule has 7 nitrogen and oxygen atoms in total. The summed E-state index contributed by atoms with van der Waals surface area (Å²) in [6.45, 7) is 2.39. The van der Waals surface area contributed by atoms with Gasteiger partial charge in [0.05, 0.1) is 17.0 Å². The summed E-state index contributed by atoms with van der Waals surface area (Å²) in [6.07, 6.45) is -0.340. The van der Waals surface area contributed by atoms with Crippen molar-refractivity contribution in [1.29, 1.82) is 0 Å². The summed E-state index contributed by atoms with van der Waals surface area (Å²) >= 11 is 6.05. The predicted octanol–water partition coefficient (Wildman–Crippen LogP) is 4.28. The van der Waals surface area contributed by atoms with Gasteiger partial charge in [-0.2, -0.15) is 13.2 Å². The molecule has 2 aromatic rings. The summed E-state index contributed by atoms with van der Waals surface area (Å²) in [6, 6.07) is 6.66. The molecule has 3 N–H and O–H groups in total. The van der Waals surface area contributed by atoms with Gasteiger partial charge in [-0.25, -0.2) is 13.4 Å². The van der Waals surface area contributed by atoms with Crippen molar-refractivity contribution in [2.75, 3.05) is 22.8 Å². The fourth-order valence-electron chi connectivity index (χ4n) is 2.51. The number of hydrogen-bond donors (Lipinski definition) is 3. The van der Waals surface area contributed by atoms with Crippen LogP contribution in [0, 0.1) is 0 Å². The molecule has 0 unspecified atom stereocenters. The van der Waals surface area contributed by atoms with Crippen molar-refractivity contribution in [3.8, 4) is 0 Å². The van der Waals surface area contributed by atoms with Crippen LogP contribution in [-0.4, -0.2) is 32.1 Å². The minimum absolute atomic E-state index is 0.0338. The Hall–Kier alpha value is -2.79. The molecule has 0 aliphatic rings. The molecule has 0 spiro atoms. The average molecular weight is 491 g/mol. The van der Waals surface area contributed by atoms with Crippen LogP contribution in [-0.2, 0) is 27.5 Å². The van der Waals surface area contributed by atoms with Crippen LogP contribution in [0.3, 0.4) is 0 Å². The molecule has 1 heterocycles. The Morgan fingerprint density at radius 3 is 2.53 bits per heavy atom. The number of sulfonamides is 1. The van der Waals surface area contributed by atoms with E-state index < -0.39 is 27.8 Å². The molecular formula is C20H22ClF3N4O3S. The van der Waals surface area contributed by atoms with Crippen LogP contribution >= 0.6 is 11.6 Å². The zero-order valence-electron chi connectivity index (χ0n) is 17.3. The lowest BCUT2D eigenvalue weighted by molar-refractivity contribution is -0.141. The summed E-state index contributed by atoms with van der Waals surface area (Å²) in [4.78, 5) is 15.8. The van der Waals surface area contributed by atoms with Gasteiger partial charge in [0.2, 0.25) is 15.9 Å². The summed E-state index contributed by atoms with van der Waals surface area (Å²) in [7, 11) is -3.48. The minimum atomic E-state index is -4.57. The summed E-state index contributed by atoms with van der Waals surface area (Å²) in [5.74, 6) is -0.452. The fraction of sp³-hybridized carbons (Fsp3) is 0.300. The van der Waals surface area contributed by atoms with Crippen LogP contribution in [0.25, 0.3) is 6.08 Å². The van der Waals surface area contributed by atoms with Crippen molar-refractivity contribution in [2.24, 2.45) is 0 Å². The molecule has 12 heteroatoms. The molecule has 0 aliphatic carbocycles. The van der Waals surface area contributed by atoms with Crippen molar-refractivity contribution in [1.82, 2.24) is 10.3 Å². The van der Waals surface area contributed by atoms with Crippen molar-refractivity contribution in [3.05, 3.63) is 58.3 Å². The highest BCUT2D eigenvalue weighted by Gasteiger charge is 2.32. The third-order valence-corrected chi connectivity index (χ3v) is 4.87. The van der Waals surface area contributed by atoms with E-state index in [4.69, 9.17) is 11.6 Å². The molecule has 0 radical (unpaired) electrons. The number of halogens is 4. The van der Waals surface area contributed by atoms with Crippen molar-refractivity contribution in [2.45, 2.75) is 26.1 Å². The third-order valence-electron chi connectivity index (χ3n) is 3.97. The number of nitrogens with one attached hydrogen (secondary N) is 3. The topological polar surface area (TPSA) is 100 Å². The highest BCUT2D eigenvalue weighted by Crippen LogP contribution is 2.30. The Morgan fingerprint density at radius 1 is 1.22 bits per heavy atom. The molecule has 0 aliphatic heterocycles. The normalized spacial score (nSPS) is 12.1. The largest absolute Gasteiger partial charge is 0.433 e. The molecule has 1 aromatic heterocycles. The highest BCUT2D eigenvalue weighted by atomic mass is 35.5. The van der Waals surface area contributed by atoms with Crippen LogP contribution in [0.1, 0.15) is 30.2 Å². The molecule has 0 fully saturated rings. The first-order chi connectivity index (χ1) is 14.9. The summed E-state index contributed by atoms with van der Waals surface area (Å²) < 4.78 is 63.6. The van der Waals surface area contributed by atoms with Crippen molar-refractivity contribution in [3.63, 3.8) is 0 Å². The maximum atomic E-state index is 12.9. The zero-order valence-corrected chi connectivity index (χ0v) is 18.8. The lowest BCUT2D eigenvalue weighted by Gasteiger charge is -2.12. The van der Waals surface area contributed by atoms with Crippen molar-refractivity contribution >= 4 is 45.1 Å². The molecule has 32 heavy (non-hydrogen) atoms. The second-order valence-corrected chi connectivity index (χ2v) is 8.95. The first kappa shape index (κ1) is 25.5. The van der Waals surface area contributed by atoms with Crippen molar-refractivity contribution < 1.29 is 26.4 Å². The summed E-state index contributed by atoms with van der Waals surface area (Å²) in [5.41, 5.74) is 0.146. The van der Waals surface area contributed by atoms with Gasteiger partial charge >= 0.3 is 6.18 Å². The Morgan fingerprint density at radius 2 is 1.94 bits per heavy atom. The molecule has 1 aromatic carbocycles. The van der Waals surface area contributed by atoms with E-state index in [-0.39, 0.29) is 23.1 Å². The SMILES string of the molecule is CCCNc1nc(C(F)(F)F)ccc1/C=C/C(=O)NCc1ccc(NS(C)(=O)=O)c(Cl)c1. The Kier molecular flexibility index (Phi) is 8.51. The molecular weight excluding hydrogens is 469 g/mol. The Labute approximate surface area is 189 Å². The minimum Gasteiger partial charge on any atom is -0.370 e. The number of amides is 1. The number of alkyl halides is 3. The number of aromatic nitrogens is 1. The van der Waals surface area contributed by atoms with Crippen LogP contribution in [0.2, 0.25) is 5.02 Å². The van der Waals surface area contributed by atoms with Gasteiger partial charge in [-0.1, -0.05) is 24.6 Å². The third kappa shape index (κ3) is 8.04. The van der Waals surface area contributed by atoms with Gasteiger partial charge in [0, 0.05) is 24.7 Å². The van der Waals surface area contributed by atoms with Crippen LogP contribution < -0.4 is 15.4 Å². The number of rotatable bonds is 9. The first-order valence-electron chi connectivity index (χ1n) is 9.43. The fourth-order valence-corrected chi connectivity index (χ4v) is 3.40. The number of benzene rings is 1. The van der Waals surface area contributed by atoms with Gasteiger partial charge < -0.3 is 10.6 Å². The monoisotopic (exact) mass is 490 g/mol. The van der Waals surface area contributed by atoms with Gasteiger partial charge in [0.25, 0.3) is 0 Å². The number of carbonyl (C=O) groups is 1. The lowest BCUT2D eigenvalue weighted by Crippen LogP contribution is -2.20. The van der Waals surface area contributed by atoms with E-state index in [9.17, 15) is 26.4 Å². The lowest BCUT2D eigenvalue weighted by atomic mass is 10.2. The van der Waals surface area contributed by atoms with Gasteiger partial charge in [0.1, 0.15) is 11.5 Å². The quantitative estimate of drug-likeness (QED) is 0.456. The van der Waals surface area contributed by atoms with E-state index in [2.05, 4.69) is 20.3 Å². The van der Waals surface area contributed by atoms with Crippen LogP contribution in [0.4, 0.5) is 24.7 Å². The molecule has 0 saturated heterocycles. The molecule has 174 valence electrons. The number of carbonyl (C=O) groups excluding carboxylic acids is 1. The van der Waals surface area contributed by atoms with E-state index >= 15 is 0 Å². The zero-order chi connectivity index (χ0) is 23.9. The Bertz CT molecular complexity index is 1110. The van der Waals surface area contributed by atoms with Gasteiger partial charge in [-0.3, -0.25) is 9.52 Å². The maximum absolute atomic E-state index is 12.9. The second kappa shape index (κ2) is 10.7. The molecule has 0 bridgehead atoms. The predicted molar refractivity (Wildman–Crippen MR) is 119 cm³/mol. The number of nitrogens with zero attached hydrogens (tertiary/aromatic N) is 1. The first-order valence-corrected chi connectivity index (χ1v) is 11.7. The number of hydrogen-bond acceptors (Lipinski definition) is 5. The van der Waals surface area contributed by atoms with E-state index in [1.54, 1.807) is 6.07 Å². The van der Waals surface area contributed by atoms with Gasteiger partial charge in [-0.05, 0) is 42.3 Å². The molecule has 2 rings (SSSR count). The van der Waals surface area contributed by atoms with E-state index in [0.717, 1.165) is 12.3 Å². The standard InChI is InChI=1S/C20H22ClF3N4O3S/c1-3-10-25-19-14(5-8-17(27-19)20(22,23)24)6-9-18(29)26-12-13-4-7-16(15(21)11-13)28-32(2,30)31/h4-9,11,28H,3,10,12H2,1-2H3,(H,25,27)(H,26,29)/b9-6+. The molecule has 0 saturated carbocycles. The number of pyridine rings is 1. The van der Waals surface area contributed by atoms with Gasteiger partial charge in [0.15, 0.2) is 0 Å². The Balaban J connectivity index is 2.06. The molecule has 0 atom stereocenters. The van der Waals surface area contributed by atoms with E-state index in [1.165, 1.54) is 30.4 Å². The molecule has 1 amide bonds. The van der Waals surface area contributed by atoms with Gasteiger partial charge in [-0.15, -0.1) is 0 Å². The summed E-state index contributed by atoms with van der Waals surface area (Å²) in [5, 5.41) is 5.61. The van der Waals surface area contributed by atoms with Crippen LogP contribution in [0.15, 0.2) is 36.4 Å². The number of anilines is 2. The smallest absolute Gasteiger partial charge is 0.370 e. The average Bonchev–Trinajstić information content (AvgIpc) is 2.69. The maximum Gasteiger partial charge on any atom is 0.433 e. The van der Waals surface area contributed by atoms with E-state index in [1.807, 2.05) is 6.92 Å². The highest BCUT2D eigenvalue weighted by molar-refractivity contribution is 7.92. The van der Waals surface area contributed by atoms with Crippen LogP contribution in [0.5, 0.6) is 0 Å². The van der Waals surface area contributed by atoms with E-state index in [0.29, 0.717) is 24.1 Å². The second-order valence-electron chi connectivity index (χ2n) is 6.80.